The molecule has 0 radical (unpaired) electrons. The van der Waals surface area contributed by atoms with Crippen LogP contribution in [0.4, 0.5) is 0 Å². The van der Waals surface area contributed by atoms with Crippen molar-refractivity contribution in [3.05, 3.63) is 47.7 Å². The van der Waals surface area contributed by atoms with Gasteiger partial charge in [0, 0.05) is 18.2 Å². The van der Waals surface area contributed by atoms with E-state index in [9.17, 15) is 4.79 Å². The summed E-state index contributed by atoms with van der Waals surface area (Å²) in [5, 5.41) is 0.0154. The highest BCUT2D eigenvalue weighted by Crippen LogP contribution is 2.32. The molecular weight excluding hydrogens is 206 g/mol. The van der Waals surface area contributed by atoms with Gasteiger partial charge in [0.25, 0.3) is 0 Å². The molecule has 1 saturated heterocycles. The van der Waals surface area contributed by atoms with Crippen molar-refractivity contribution in [1.82, 2.24) is 4.90 Å². The molecule has 0 aromatic rings. The van der Waals surface area contributed by atoms with Crippen LogP contribution in [0.5, 0.6) is 0 Å². The molecule has 2 aliphatic rings. The largest absolute Gasteiger partial charge is 0.284 e. The first-order valence-electron chi connectivity index (χ1n) is 4.66. The topological polar surface area (TPSA) is 20.3 Å². The number of likely N-dealkylation sites (tertiary alicyclic amines) is 1. The van der Waals surface area contributed by atoms with Crippen LogP contribution >= 0.6 is 11.8 Å². The van der Waals surface area contributed by atoms with Crippen molar-refractivity contribution < 1.29 is 4.79 Å². The summed E-state index contributed by atoms with van der Waals surface area (Å²) in [6, 6.07) is 0. The second-order valence-corrected chi connectivity index (χ2v) is 4.40. The van der Waals surface area contributed by atoms with Crippen molar-refractivity contribution in [3.63, 3.8) is 0 Å². The van der Waals surface area contributed by atoms with Gasteiger partial charge in [-0.05, 0) is 18.4 Å². The Kier molecular flexibility index (Phi) is 2.70. The number of thioether (sulfide) groups is 1. The molecule has 0 saturated carbocycles. The molecule has 2 rings (SSSR count). The normalized spacial score (nSPS) is 23.9. The van der Waals surface area contributed by atoms with Crippen LogP contribution in [-0.4, -0.2) is 22.3 Å². The zero-order chi connectivity index (χ0) is 10.8. The zero-order valence-electron chi connectivity index (χ0n) is 8.49. The summed E-state index contributed by atoms with van der Waals surface area (Å²) in [5.74, 6) is 0.118. The second kappa shape index (κ2) is 4.00. The molecule has 1 atom stereocenters. The maximum atomic E-state index is 12.0. The fraction of sp³-hybridized carbons (Fsp3) is 0.250. The van der Waals surface area contributed by atoms with Crippen molar-refractivity contribution in [2.75, 3.05) is 6.26 Å². The van der Waals surface area contributed by atoms with E-state index >= 15 is 0 Å². The van der Waals surface area contributed by atoms with E-state index in [1.807, 2.05) is 12.3 Å². The molecule has 1 heterocycles. The van der Waals surface area contributed by atoms with Gasteiger partial charge in [0.1, 0.15) is 0 Å². The van der Waals surface area contributed by atoms with Gasteiger partial charge < -0.3 is 0 Å². The van der Waals surface area contributed by atoms with E-state index in [1.54, 1.807) is 28.8 Å². The Bertz CT molecular complexity index is 448. The van der Waals surface area contributed by atoms with E-state index in [0.29, 0.717) is 0 Å². The first kappa shape index (κ1) is 10.1. The third kappa shape index (κ3) is 1.73. The number of amides is 1. The monoisotopic (exact) mass is 217 g/mol. The van der Waals surface area contributed by atoms with E-state index in [2.05, 4.69) is 18.0 Å². The van der Waals surface area contributed by atoms with Gasteiger partial charge in [-0.25, -0.2) is 0 Å². The predicted molar refractivity (Wildman–Crippen MR) is 62.2 cm³/mol. The first-order valence-corrected chi connectivity index (χ1v) is 5.95. The first-order chi connectivity index (χ1) is 7.24. The number of rotatable bonds is 2. The second-order valence-electron chi connectivity index (χ2n) is 3.36. The van der Waals surface area contributed by atoms with E-state index in [-0.39, 0.29) is 11.2 Å². The van der Waals surface area contributed by atoms with E-state index in [0.717, 1.165) is 17.8 Å². The third-order valence-corrected chi connectivity index (χ3v) is 3.35. The van der Waals surface area contributed by atoms with E-state index in [4.69, 9.17) is 0 Å². The lowest BCUT2D eigenvalue weighted by Crippen LogP contribution is -2.26. The number of carbonyl (C=O) groups excluding carboxylic acids is 1. The molecule has 2 nitrogen and oxygen atoms in total. The average molecular weight is 217 g/mol. The highest BCUT2D eigenvalue weighted by molar-refractivity contribution is 7.99. The summed E-state index contributed by atoms with van der Waals surface area (Å²) in [5.41, 5.74) is 7.35. The molecule has 1 fully saturated rings. The average Bonchev–Trinajstić information content (AvgIpc) is 2.55. The minimum Gasteiger partial charge on any atom is -0.284 e. The predicted octanol–water partition coefficient (Wildman–Crippen LogP) is 2.23. The number of carbonyl (C=O) groups is 1. The summed E-state index contributed by atoms with van der Waals surface area (Å²) in [6.07, 6.45) is 8.04. The summed E-state index contributed by atoms with van der Waals surface area (Å²) < 4.78 is 0. The standard InChI is InChI=1S/C12H11NOS/c1-9-8-11(15-2)12(14)13(9)10-6-4-3-5-7-10/h4,6-7,11H,1,8H2,2H3. The Morgan fingerprint density at radius 1 is 1.60 bits per heavy atom. The van der Waals surface area contributed by atoms with Gasteiger partial charge in [0.05, 0.1) is 10.9 Å². The van der Waals surface area contributed by atoms with Crippen LogP contribution in [-0.2, 0) is 4.79 Å². The Labute approximate surface area is 93.3 Å². The molecule has 0 bridgehead atoms. The number of hydrogen-bond donors (Lipinski definition) is 0. The van der Waals surface area contributed by atoms with Gasteiger partial charge in [-0.2, -0.15) is 11.8 Å². The van der Waals surface area contributed by atoms with Gasteiger partial charge in [0.15, 0.2) is 0 Å². The Morgan fingerprint density at radius 3 is 2.93 bits per heavy atom. The fourth-order valence-electron chi connectivity index (χ4n) is 1.66. The molecular formula is C12H11NOS. The van der Waals surface area contributed by atoms with Gasteiger partial charge >= 0.3 is 0 Å². The maximum absolute atomic E-state index is 12.0. The van der Waals surface area contributed by atoms with Crippen molar-refractivity contribution in [2.24, 2.45) is 0 Å². The number of hydrogen-bond acceptors (Lipinski definition) is 2. The lowest BCUT2D eigenvalue weighted by Gasteiger charge is -2.18. The number of allylic oxidation sites excluding steroid dienone is 4. The minimum atomic E-state index is 0.0154. The lowest BCUT2D eigenvalue weighted by molar-refractivity contribution is -0.124. The van der Waals surface area contributed by atoms with Crippen molar-refractivity contribution >= 4 is 17.7 Å². The smallest absolute Gasteiger partial charge is 0.244 e. The van der Waals surface area contributed by atoms with Crippen LogP contribution in [0.15, 0.2) is 47.7 Å². The van der Waals surface area contributed by atoms with Crippen LogP contribution in [0.2, 0.25) is 0 Å². The van der Waals surface area contributed by atoms with E-state index in [1.165, 1.54) is 0 Å². The van der Waals surface area contributed by atoms with Gasteiger partial charge in [-0.1, -0.05) is 18.0 Å². The van der Waals surface area contributed by atoms with Crippen LogP contribution in [0.25, 0.3) is 0 Å². The molecule has 1 aliphatic heterocycles. The van der Waals surface area contributed by atoms with Crippen molar-refractivity contribution in [1.29, 1.82) is 0 Å². The SMILES string of the molecule is C=C1CC(SC)C(=O)N1C1=CC=C=C=C1. The fourth-order valence-corrected chi connectivity index (χ4v) is 2.33. The molecule has 1 amide bonds. The van der Waals surface area contributed by atoms with Crippen LogP contribution in [0.3, 0.4) is 0 Å². The van der Waals surface area contributed by atoms with Gasteiger partial charge in [-0.3, -0.25) is 9.69 Å². The Balaban J connectivity index is 2.28. The van der Waals surface area contributed by atoms with Crippen LogP contribution in [0, 0.1) is 0 Å². The Hall–Kier alpha value is -1.40. The molecule has 0 aromatic carbocycles. The third-order valence-electron chi connectivity index (χ3n) is 2.42. The number of nitrogens with zero attached hydrogens (tertiary/aromatic N) is 1. The molecule has 76 valence electrons. The summed E-state index contributed by atoms with van der Waals surface area (Å²) >= 11 is 1.57. The minimum absolute atomic E-state index is 0.0154. The maximum Gasteiger partial charge on any atom is 0.244 e. The van der Waals surface area contributed by atoms with Crippen molar-refractivity contribution in [3.8, 4) is 0 Å². The van der Waals surface area contributed by atoms with Gasteiger partial charge in [-0.15, -0.1) is 0 Å². The van der Waals surface area contributed by atoms with Crippen molar-refractivity contribution in [2.45, 2.75) is 11.7 Å². The zero-order valence-corrected chi connectivity index (χ0v) is 9.30. The molecule has 3 heteroatoms. The highest BCUT2D eigenvalue weighted by Gasteiger charge is 2.35. The summed E-state index contributed by atoms with van der Waals surface area (Å²) in [4.78, 5) is 13.6. The summed E-state index contributed by atoms with van der Waals surface area (Å²) in [7, 11) is 0. The van der Waals surface area contributed by atoms with E-state index < -0.39 is 0 Å². The molecule has 0 N–H and O–H groups in total. The quantitative estimate of drug-likeness (QED) is 0.661. The van der Waals surface area contributed by atoms with Crippen LogP contribution < -0.4 is 0 Å². The molecule has 0 spiro atoms. The lowest BCUT2D eigenvalue weighted by atomic mass is 10.2. The van der Waals surface area contributed by atoms with Crippen LogP contribution in [0.1, 0.15) is 6.42 Å². The van der Waals surface area contributed by atoms with Gasteiger partial charge in [0.2, 0.25) is 5.91 Å². The molecule has 1 aliphatic carbocycles. The molecule has 0 aromatic heterocycles. The molecule has 1 unspecified atom stereocenters. The summed E-state index contributed by atoms with van der Waals surface area (Å²) in [6.45, 7) is 3.93. The highest BCUT2D eigenvalue weighted by atomic mass is 32.2. The molecule has 15 heavy (non-hydrogen) atoms. The Morgan fingerprint density at radius 2 is 2.40 bits per heavy atom.